The van der Waals surface area contributed by atoms with Crippen LogP contribution in [0, 0.1) is 5.41 Å². The molecule has 0 rings (SSSR count). The third kappa shape index (κ3) is 5.50. The fourth-order valence-electron chi connectivity index (χ4n) is 1.66. The summed E-state index contributed by atoms with van der Waals surface area (Å²) in [7, 11) is 1.90. The fourth-order valence-corrected chi connectivity index (χ4v) is 1.66. The first-order valence-electron chi connectivity index (χ1n) is 6.29. The van der Waals surface area contributed by atoms with E-state index in [1.165, 1.54) is 0 Å². The van der Waals surface area contributed by atoms with Crippen molar-refractivity contribution in [1.29, 1.82) is 0 Å². The minimum absolute atomic E-state index is 0.181. The van der Waals surface area contributed by atoms with E-state index < -0.39 is 0 Å². The summed E-state index contributed by atoms with van der Waals surface area (Å²) in [6, 6.07) is 0.338. The lowest BCUT2D eigenvalue weighted by Gasteiger charge is -2.27. The van der Waals surface area contributed by atoms with Gasteiger partial charge in [0.2, 0.25) is 5.91 Å². The summed E-state index contributed by atoms with van der Waals surface area (Å²) >= 11 is 0. The molecule has 0 bridgehead atoms. The molecule has 0 aliphatic carbocycles. The van der Waals surface area contributed by atoms with Crippen LogP contribution in [-0.2, 0) is 4.79 Å². The monoisotopic (exact) mass is 228 g/mol. The third-order valence-corrected chi connectivity index (χ3v) is 3.48. The Labute approximate surface area is 100 Å². The lowest BCUT2D eigenvalue weighted by molar-refractivity contribution is -0.132. The summed E-state index contributed by atoms with van der Waals surface area (Å²) in [6.45, 7) is 9.24. The Kier molecular flexibility index (Phi) is 6.65. The van der Waals surface area contributed by atoms with Crippen molar-refractivity contribution >= 4 is 5.91 Å². The Morgan fingerprint density at radius 2 is 1.94 bits per heavy atom. The van der Waals surface area contributed by atoms with Crippen LogP contribution in [0.3, 0.4) is 0 Å². The van der Waals surface area contributed by atoms with Crippen molar-refractivity contribution in [3.8, 4) is 0 Å². The molecule has 0 saturated carbocycles. The normalized spacial score (nSPS) is 13.6. The highest BCUT2D eigenvalue weighted by molar-refractivity contribution is 5.76. The van der Waals surface area contributed by atoms with Crippen molar-refractivity contribution in [3.05, 3.63) is 0 Å². The first-order chi connectivity index (χ1) is 7.34. The van der Waals surface area contributed by atoms with Crippen molar-refractivity contribution in [2.24, 2.45) is 11.1 Å². The topological polar surface area (TPSA) is 46.3 Å². The standard InChI is InChI=1S/C13H28N2O/c1-6-11(2)15(5)12(16)7-8-13(3,4)9-10-14/h11H,6-10,14H2,1-5H3. The molecule has 16 heavy (non-hydrogen) atoms. The summed E-state index contributed by atoms with van der Waals surface area (Å²) < 4.78 is 0. The third-order valence-electron chi connectivity index (χ3n) is 3.48. The van der Waals surface area contributed by atoms with Gasteiger partial charge in [-0.3, -0.25) is 4.79 Å². The molecule has 1 atom stereocenters. The van der Waals surface area contributed by atoms with E-state index in [-0.39, 0.29) is 11.3 Å². The number of rotatable bonds is 7. The predicted molar refractivity (Wildman–Crippen MR) is 69.2 cm³/mol. The molecule has 0 aromatic rings. The molecule has 96 valence electrons. The van der Waals surface area contributed by atoms with Crippen LogP contribution in [0.25, 0.3) is 0 Å². The number of carbonyl (C=O) groups is 1. The molecule has 1 amide bonds. The minimum atomic E-state index is 0.181. The van der Waals surface area contributed by atoms with E-state index in [2.05, 4.69) is 27.7 Å². The molecule has 0 radical (unpaired) electrons. The van der Waals surface area contributed by atoms with Crippen LogP contribution in [0.4, 0.5) is 0 Å². The number of nitrogens with two attached hydrogens (primary N) is 1. The van der Waals surface area contributed by atoms with Crippen LogP contribution in [0.5, 0.6) is 0 Å². The van der Waals surface area contributed by atoms with Gasteiger partial charge in [0.1, 0.15) is 0 Å². The van der Waals surface area contributed by atoms with Crippen molar-refractivity contribution in [2.45, 2.75) is 59.4 Å². The number of amides is 1. The van der Waals surface area contributed by atoms with E-state index in [0.717, 1.165) is 19.3 Å². The first-order valence-corrected chi connectivity index (χ1v) is 6.29. The van der Waals surface area contributed by atoms with Crippen LogP contribution in [0.2, 0.25) is 0 Å². The highest BCUT2D eigenvalue weighted by Gasteiger charge is 2.20. The molecule has 3 heteroatoms. The van der Waals surface area contributed by atoms with Crippen LogP contribution in [0.15, 0.2) is 0 Å². The second kappa shape index (κ2) is 6.89. The van der Waals surface area contributed by atoms with Crippen molar-refractivity contribution in [3.63, 3.8) is 0 Å². The van der Waals surface area contributed by atoms with Crippen LogP contribution < -0.4 is 5.73 Å². The summed E-state index contributed by atoms with van der Waals surface area (Å²) in [5, 5.41) is 0. The van der Waals surface area contributed by atoms with Crippen LogP contribution in [0.1, 0.15) is 53.4 Å². The molecular formula is C13H28N2O. The molecule has 1 unspecified atom stereocenters. The molecule has 3 nitrogen and oxygen atoms in total. The highest BCUT2D eigenvalue weighted by Crippen LogP contribution is 2.26. The predicted octanol–water partition coefficient (Wildman–Crippen LogP) is 2.40. The zero-order valence-corrected chi connectivity index (χ0v) is 11.5. The van der Waals surface area contributed by atoms with Crippen LogP contribution >= 0.6 is 0 Å². The lowest BCUT2D eigenvalue weighted by Crippen LogP contribution is -2.35. The molecule has 0 aliphatic heterocycles. The van der Waals surface area contributed by atoms with Gasteiger partial charge in [-0.15, -0.1) is 0 Å². The quantitative estimate of drug-likeness (QED) is 0.727. The Balaban J connectivity index is 4.06. The smallest absolute Gasteiger partial charge is 0.222 e. The second-order valence-electron chi connectivity index (χ2n) is 5.46. The van der Waals surface area contributed by atoms with Gasteiger partial charge in [0.25, 0.3) is 0 Å². The summed E-state index contributed by atoms with van der Waals surface area (Å²) in [5.41, 5.74) is 5.74. The molecule has 0 saturated heterocycles. The maximum Gasteiger partial charge on any atom is 0.222 e. The molecule has 0 fully saturated rings. The Morgan fingerprint density at radius 1 is 1.38 bits per heavy atom. The summed E-state index contributed by atoms with van der Waals surface area (Å²) in [6.07, 6.45) is 3.54. The maximum atomic E-state index is 11.9. The number of nitrogens with zero attached hydrogens (tertiary/aromatic N) is 1. The zero-order valence-electron chi connectivity index (χ0n) is 11.5. The fraction of sp³-hybridized carbons (Fsp3) is 0.923. The summed E-state index contributed by atoms with van der Waals surface area (Å²) in [4.78, 5) is 13.7. The molecule has 0 aromatic carbocycles. The van der Waals surface area contributed by atoms with Gasteiger partial charge in [-0.2, -0.15) is 0 Å². The van der Waals surface area contributed by atoms with E-state index in [1.807, 2.05) is 11.9 Å². The Bertz CT molecular complexity index is 214. The van der Waals surface area contributed by atoms with E-state index in [9.17, 15) is 4.79 Å². The molecule has 0 spiro atoms. The van der Waals surface area contributed by atoms with Gasteiger partial charge >= 0.3 is 0 Å². The number of hydrogen-bond donors (Lipinski definition) is 1. The van der Waals surface area contributed by atoms with E-state index in [0.29, 0.717) is 19.0 Å². The molecular weight excluding hydrogens is 200 g/mol. The average molecular weight is 228 g/mol. The van der Waals surface area contributed by atoms with Gasteiger partial charge in [-0.05, 0) is 38.1 Å². The Hall–Kier alpha value is -0.570. The lowest BCUT2D eigenvalue weighted by atomic mass is 9.84. The maximum absolute atomic E-state index is 11.9. The minimum Gasteiger partial charge on any atom is -0.343 e. The van der Waals surface area contributed by atoms with E-state index in [1.54, 1.807) is 0 Å². The van der Waals surface area contributed by atoms with Crippen molar-refractivity contribution < 1.29 is 4.79 Å². The van der Waals surface area contributed by atoms with Crippen LogP contribution in [-0.4, -0.2) is 30.4 Å². The molecule has 2 N–H and O–H groups in total. The van der Waals surface area contributed by atoms with Crippen molar-refractivity contribution in [1.82, 2.24) is 4.90 Å². The second-order valence-corrected chi connectivity index (χ2v) is 5.46. The SMILES string of the molecule is CCC(C)N(C)C(=O)CCC(C)(C)CCN. The van der Waals surface area contributed by atoms with Gasteiger partial charge in [-0.25, -0.2) is 0 Å². The van der Waals surface area contributed by atoms with Gasteiger partial charge in [0.15, 0.2) is 0 Å². The summed E-state index contributed by atoms with van der Waals surface area (Å²) in [5.74, 6) is 0.249. The average Bonchev–Trinajstić information content (AvgIpc) is 2.23. The van der Waals surface area contributed by atoms with Gasteiger partial charge in [-0.1, -0.05) is 20.8 Å². The number of hydrogen-bond acceptors (Lipinski definition) is 2. The van der Waals surface area contributed by atoms with Gasteiger partial charge in [0.05, 0.1) is 0 Å². The van der Waals surface area contributed by atoms with Gasteiger partial charge < -0.3 is 10.6 Å². The molecule has 0 heterocycles. The van der Waals surface area contributed by atoms with Gasteiger partial charge in [0, 0.05) is 19.5 Å². The largest absolute Gasteiger partial charge is 0.343 e. The number of carbonyl (C=O) groups excluding carboxylic acids is 1. The van der Waals surface area contributed by atoms with E-state index in [4.69, 9.17) is 5.73 Å². The van der Waals surface area contributed by atoms with Crippen molar-refractivity contribution in [2.75, 3.05) is 13.6 Å². The molecule has 0 aliphatic rings. The zero-order chi connectivity index (χ0) is 12.8. The Morgan fingerprint density at radius 3 is 2.38 bits per heavy atom. The highest BCUT2D eigenvalue weighted by atomic mass is 16.2. The van der Waals surface area contributed by atoms with E-state index >= 15 is 0 Å². The first kappa shape index (κ1) is 15.4. The molecule has 0 aromatic heterocycles.